The third-order valence-electron chi connectivity index (χ3n) is 21.0. The summed E-state index contributed by atoms with van der Waals surface area (Å²) >= 11 is 0. The summed E-state index contributed by atoms with van der Waals surface area (Å²) in [6.45, 7) is 6.18. The number of aliphatic hydroxyl groups excluding tert-OH is 2. The van der Waals surface area contributed by atoms with Crippen LogP contribution in [0.2, 0.25) is 0 Å². The zero-order valence-corrected chi connectivity index (χ0v) is 72.5. The Morgan fingerprint density at radius 3 is 1.27 bits per heavy atom. The number of primary amides is 1. The first-order valence-electron chi connectivity index (χ1n) is 42.4. The Balaban J connectivity index is 1.44. The second kappa shape index (κ2) is 54.4. The molecule has 127 heavy (non-hydrogen) atoms. The molecule has 3 aliphatic rings. The van der Waals surface area contributed by atoms with Gasteiger partial charge in [-0.05, 0) is 141 Å². The van der Waals surface area contributed by atoms with E-state index >= 15 is 0 Å². The summed E-state index contributed by atoms with van der Waals surface area (Å²) in [5, 5.41) is 92.5. The number of likely N-dealkylation sites (tertiary alicyclic amines) is 3. The third kappa shape index (κ3) is 36.6. The summed E-state index contributed by atoms with van der Waals surface area (Å²) in [6, 6.07) is -12.8. The minimum Gasteiger partial charge on any atom is -0.481 e. The molecule has 15 atom stereocenters. The van der Waals surface area contributed by atoms with Crippen molar-refractivity contribution in [3.8, 4) is 0 Å². The van der Waals surface area contributed by atoms with E-state index in [0.29, 0.717) is 24.8 Å². The van der Waals surface area contributed by atoms with E-state index in [1.54, 1.807) is 58.0 Å². The van der Waals surface area contributed by atoms with Crippen molar-refractivity contribution in [2.75, 3.05) is 65.6 Å². The molecular weight excluding hydrogens is 1670 g/mol. The molecule has 1 aromatic rings. The SMILES string of the molecule is CC(C)C[C@H](NC(=O)[C@H](Cc1ccccc1)NC(=O)CNC(=O)[C@H](CO)NC(=O)[C@@H]1CCCN1C(=O)[C@H](C)NC(=O)[C@H](CCCNC(=N)N)NC(=O)[C@H](CCCCN)NC(=O)[C@@H]1CCCN1C(=O)[C@H](CO)NC(=O)[C@H](CCC(=O)O)NC(=O)[C@H](CCC(=O)O)NC(=O)[C@@H]1CCCN1C(=O)[C@H](C)N)C(=O)NCC(=O)N[C@H](C(=O)N[C@@H](CCCNC(=N)N)C(N)=O)C(C)C. The summed E-state index contributed by atoms with van der Waals surface area (Å²) in [7, 11) is 0. The quantitative estimate of drug-likeness (QED) is 0.0164. The lowest BCUT2D eigenvalue weighted by Crippen LogP contribution is -2.61. The number of aliphatic carboxylic acids is 2. The lowest BCUT2D eigenvalue weighted by Gasteiger charge is -2.31. The Bertz CT molecular complexity index is 4010. The van der Waals surface area contributed by atoms with Crippen LogP contribution in [0.4, 0.5) is 0 Å². The van der Waals surface area contributed by atoms with Gasteiger partial charge in [-0.2, -0.15) is 0 Å². The number of amides is 17. The van der Waals surface area contributed by atoms with Crippen LogP contribution < -0.4 is 108 Å². The van der Waals surface area contributed by atoms with Crippen LogP contribution in [0, 0.1) is 22.7 Å². The highest BCUT2D eigenvalue weighted by Crippen LogP contribution is 2.23. The lowest BCUT2D eigenvalue weighted by atomic mass is 10.0. The van der Waals surface area contributed by atoms with Crippen LogP contribution >= 0.6 is 0 Å². The van der Waals surface area contributed by atoms with E-state index in [4.69, 9.17) is 39.5 Å². The van der Waals surface area contributed by atoms with Gasteiger partial charge in [0.1, 0.15) is 84.6 Å². The van der Waals surface area contributed by atoms with Crippen molar-refractivity contribution in [1.82, 2.24) is 94.5 Å². The number of nitrogens with two attached hydrogens (primary N) is 5. The number of carboxylic acid groups (broad SMARTS) is 2. The summed E-state index contributed by atoms with van der Waals surface area (Å²) < 4.78 is 0. The second-order valence-electron chi connectivity index (χ2n) is 32.1. The first-order valence-corrected chi connectivity index (χ1v) is 42.4. The monoisotopic (exact) mass is 1800 g/mol. The van der Waals surface area contributed by atoms with Crippen LogP contribution in [0.25, 0.3) is 0 Å². The molecule has 17 amide bonds. The summed E-state index contributed by atoms with van der Waals surface area (Å²) in [5.74, 6) is -19.7. The van der Waals surface area contributed by atoms with Crippen molar-refractivity contribution in [3.05, 3.63) is 35.9 Å². The minimum atomic E-state index is -1.86. The number of hydrogen-bond acceptors (Lipinski definition) is 25. The van der Waals surface area contributed by atoms with E-state index in [0.717, 1.165) is 9.80 Å². The van der Waals surface area contributed by atoms with E-state index in [1.165, 1.54) is 18.7 Å². The molecular formula is C79H129N25O23. The molecule has 708 valence electrons. The van der Waals surface area contributed by atoms with Gasteiger partial charge in [0, 0.05) is 52.0 Å². The molecule has 0 bridgehead atoms. The number of nitrogens with one attached hydrogen (secondary N) is 17. The maximum atomic E-state index is 14.5. The molecule has 3 aliphatic heterocycles. The average molecular weight is 1800 g/mol. The number of carbonyl (C=O) groups excluding carboxylic acids is 17. The summed E-state index contributed by atoms with van der Waals surface area (Å²) in [5.41, 5.74) is 28.5. The normalized spacial score (nSPS) is 17.5. The van der Waals surface area contributed by atoms with Gasteiger partial charge < -0.3 is 144 Å². The predicted octanol–water partition coefficient (Wildman–Crippen LogP) is -9.31. The maximum Gasteiger partial charge on any atom is 0.303 e. The molecule has 1 aromatic carbocycles. The zero-order valence-electron chi connectivity index (χ0n) is 72.5. The molecule has 48 heteroatoms. The Morgan fingerprint density at radius 1 is 0.425 bits per heavy atom. The van der Waals surface area contributed by atoms with Crippen LogP contribution in [0.3, 0.4) is 0 Å². The smallest absolute Gasteiger partial charge is 0.303 e. The number of carbonyl (C=O) groups is 19. The summed E-state index contributed by atoms with van der Waals surface area (Å²) in [4.78, 5) is 262. The van der Waals surface area contributed by atoms with Crippen LogP contribution in [0.1, 0.15) is 163 Å². The Hall–Kier alpha value is -12.5. The van der Waals surface area contributed by atoms with Gasteiger partial charge in [0.15, 0.2) is 11.9 Å². The van der Waals surface area contributed by atoms with E-state index in [9.17, 15) is 112 Å². The number of hydrogen-bond donors (Lipinski definition) is 26. The summed E-state index contributed by atoms with van der Waals surface area (Å²) in [6.07, 6.45) is -1.02. The van der Waals surface area contributed by atoms with Gasteiger partial charge in [-0.25, -0.2) is 0 Å². The van der Waals surface area contributed by atoms with E-state index < -0.39 is 267 Å². The fourth-order valence-corrected chi connectivity index (χ4v) is 14.3. The number of unbranched alkanes of at least 4 members (excludes halogenated alkanes) is 1. The third-order valence-corrected chi connectivity index (χ3v) is 21.0. The highest BCUT2D eigenvalue weighted by molar-refractivity contribution is 6.01. The highest BCUT2D eigenvalue weighted by atomic mass is 16.4. The molecule has 0 radical (unpaired) electrons. The van der Waals surface area contributed by atoms with Gasteiger partial charge in [-0.3, -0.25) is 102 Å². The number of aliphatic hydroxyl groups is 2. The van der Waals surface area contributed by atoms with Gasteiger partial charge >= 0.3 is 11.9 Å². The number of nitrogens with zero attached hydrogens (tertiary/aromatic N) is 3. The molecule has 0 unspecified atom stereocenters. The molecule has 3 saturated heterocycles. The minimum absolute atomic E-state index is 0.00500. The second-order valence-corrected chi connectivity index (χ2v) is 32.1. The Kier molecular flexibility index (Phi) is 45.8. The van der Waals surface area contributed by atoms with Crippen molar-refractivity contribution >= 4 is 124 Å². The molecule has 0 spiro atoms. The predicted molar refractivity (Wildman–Crippen MR) is 454 cm³/mol. The highest BCUT2D eigenvalue weighted by Gasteiger charge is 2.44. The van der Waals surface area contributed by atoms with Crippen molar-refractivity contribution < 1.29 is 112 Å². The van der Waals surface area contributed by atoms with Gasteiger partial charge in [-0.1, -0.05) is 58.0 Å². The standard InChI is InChI=1S/C79H129N25O23/c1-41(2)35-51(64(114)89-38-59(108)101-62(42(3)4)74(124)93-46(63(82)113)20-12-30-87-78(83)84)98-70(120)52(36-45-17-8-7-9-18-45)92-58(107)37-90-65(115)53(39-105)99-73(123)56-23-15-33-103(56)76(126)44(6)91-66(116)48(21-13-31-88-79(85)86)94-67(117)47(19-10-11-29-80)96-72(122)57-24-16-34-104(57)77(127)54(40-106)100-69(119)49(25-27-60(109)110)95-68(118)50(26-28-61(111)112)97-71(121)55-22-14-32-102(55)75(125)43(5)81/h7-9,17-18,41-44,46-57,62,105-106H,10-16,19-40,80-81H2,1-6H3,(H2,82,113)(H,89,114)(H,90,115)(H,91,116)(H,92,107)(H,93,124)(H,94,117)(H,95,118)(H,96,122)(H,97,121)(H,98,120)(H,99,123)(H,100,119)(H,101,108)(H,109,110)(H,111,112)(H4,83,84,87)(H4,85,86,88)/t43-,44-,46-,47-,48-,49-,50-,51-,52-,53-,54-,55-,56-,57-,62-/m0/s1. The van der Waals surface area contributed by atoms with Crippen molar-refractivity contribution in [2.45, 2.75) is 254 Å². The molecule has 0 aromatic heterocycles. The maximum absolute atomic E-state index is 14.5. The lowest BCUT2D eigenvalue weighted by molar-refractivity contribution is -0.144. The molecule has 4 rings (SSSR count). The average Bonchev–Trinajstić information content (AvgIpc) is 1.72. The first-order chi connectivity index (χ1) is 60.0. The number of rotatable bonds is 55. The largest absolute Gasteiger partial charge is 0.481 e. The van der Waals surface area contributed by atoms with E-state index in [-0.39, 0.29) is 128 Å². The zero-order chi connectivity index (χ0) is 94.9. The van der Waals surface area contributed by atoms with Crippen LogP contribution in [0.15, 0.2) is 30.3 Å². The first kappa shape index (κ1) is 107. The van der Waals surface area contributed by atoms with Crippen LogP contribution in [-0.4, -0.2) is 316 Å². The fourth-order valence-electron chi connectivity index (χ4n) is 14.3. The molecule has 0 saturated carbocycles. The molecule has 3 fully saturated rings. The van der Waals surface area contributed by atoms with E-state index in [1.807, 2.05) is 0 Å². The number of carboxylic acids is 2. The molecule has 31 N–H and O–H groups in total. The Labute approximate surface area is 734 Å². The van der Waals surface area contributed by atoms with Crippen molar-refractivity contribution in [2.24, 2.45) is 40.5 Å². The molecule has 3 heterocycles. The van der Waals surface area contributed by atoms with Gasteiger partial charge in [0.25, 0.3) is 0 Å². The van der Waals surface area contributed by atoms with Gasteiger partial charge in [0.05, 0.1) is 32.3 Å². The molecule has 0 aliphatic carbocycles. The number of guanidine groups is 2. The topological polar surface area (TPSA) is 773 Å². The Morgan fingerprint density at radius 2 is 0.819 bits per heavy atom. The molecule has 48 nitrogen and oxygen atoms in total. The van der Waals surface area contributed by atoms with Gasteiger partial charge in [-0.15, -0.1) is 0 Å². The van der Waals surface area contributed by atoms with Crippen molar-refractivity contribution in [1.29, 1.82) is 10.8 Å². The fraction of sp³-hybridized carbons (Fsp3) is 0.658. The van der Waals surface area contributed by atoms with Gasteiger partial charge in [0.2, 0.25) is 100 Å². The van der Waals surface area contributed by atoms with Crippen LogP contribution in [0.5, 0.6) is 0 Å². The van der Waals surface area contributed by atoms with Crippen molar-refractivity contribution in [3.63, 3.8) is 0 Å². The van der Waals surface area contributed by atoms with Crippen LogP contribution in [-0.2, 0) is 97.5 Å². The number of benzene rings is 1. The van der Waals surface area contributed by atoms with E-state index in [2.05, 4.69) is 79.8 Å².